The lowest BCUT2D eigenvalue weighted by molar-refractivity contribution is -0.137. The predicted molar refractivity (Wildman–Crippen MR) is 79.8 cm³/mol. The van der Waals surface area contributed by atoms with Crippen molar-refractivity contribution in [3.05, 3.63) is 29.8 Å². The minimum Gasteiger partial charge on any atom is -0.493 e. The van der Waals surface area contributed by atoms with E-state index in [1.165, 1.54) is 0 Å². The Hall–Kier alpha value is -1.95. The molecule has 0 bridgehead atoms. The third-order valence-electron chi connectivity index (χ3n) is 3.21. The van der Waals surface area contributed by atoms with Gasteiger partial charge in [0.1, 0.15) is 5.75 Å². The Morgan fingerprint density at radius 3 is 2.50 bits per heavy atom. The first-order valence-electron chi connectivity index (χ1n) is 6.93. The monoisotopic (exact) mass is 274 g/mol. The molecule has 3 nitrogen and oxygen atoms in total. The summed E-state index contributed by atoms with van der Waals surface area (Å²) in [5.74, 6) is 5.97. The van der Waals surface area contributed by atoms with Crippen LogP contribution >= 0.6 is 0 Å². The zero-order chi connectivity index (χ0) is 15.0. The minimum absolute atomic E-state index is 0.0217. The van der Waals surface area contributed by atoms with Gasteiger partial charge in [0.25, 0.3) is 0 Å². The summed E-state index contributed by atoms with van der Waals surface area (Å²) in [6, 6.07) is 7.54. The Labute approximate surface area is 121 Å². The normalized spacial score (nSPS) is 12.9. The van der Waals surface area contributed by atoms with E-state index < -0.39 is 5.97 Å². The molecule has 0 fully saturated rings. The van der Waals surface area contributed by atoms with Crippen molar-refractivity contribution in [2.45, 2.75) is 39.5 Å². The fraction of sp³-hybridized carbons (Fsp3) is 0.471. The molecule has 0 amide bonds. The molecule has 1 aromatic carbocycles. The van der Waals surface area contributed by atoms with Gasteiger partial charge in [-0.3, -0.25) is 4.79 Å². The molecule has 0 saturated heterocycles. The van der Waals surface area contributed by atoms with Crippen molar-refractivity contribution in [3.8, 4) is 17.6 Å². The summed E-state index contributed by atoms with van der Waals surface area (Å²) in [5.41, 5.74) is 0.914. The Morgan fingerprint density at radius 2 is 2.00 bits per heavy atom. The van der Waals surface area contributed by atoms with E-state index in [9.17, 15) is 4.79 Å². The van der Waals surface area contributed by atoms with Gasteiger partial charge in [-0.05, 0) is 30.5 Å². The fourth-order valence-corrected chi connectivity index (χ4v) is 1.75. The molecule has 0 heterocycles. The van der Waals surface area contributed by atoms with Crippen LogP contribution in [0.3, 0.4) is 0 Å². The SMILES string of the molecule is CC#CC(CC(=O)O)c1ccc(OCC(C)CC)cc1. The number of carboxylic acids is 1. The van der Waals surface area contributed by atoms with Gasteiger partial charge in [0.2, 0.25) is 0 Å². The highest BCUT2D eigenvalue weighted by Gasteiger charge is 2.13. The molecule has 20 heavy (non-hydrogen) atoms. The molecule has 0 aliphatic rings. The van der Waals surface area contributed by atoms with Crippen LogP contribution in [0.1, 0.15) is 45.1 Å². The van der Waals surface area contributed by atoms with E-state index >= 15 is 0 Å². The lowest BCUT2D eigenvalue weighted by atomic mass is 9.96. The average Bonchev–Trinajstić information content (AvgIpc) is 2.44. The van der Waals surface area contributed by atoms with Gasteiger partial charge in [0.15, 0.2) is 0 Å². The topological polar surface area (TPSA) is 46.5 Å². The quantitative estimate of drug-likeness (QED) is 0.771. The zero-order valence-electron chi connectivity index (χ0n) is 12.3. The third-order valence-corrected chi connectivity index (χ3v) is 3.21. The summed E-state index contributed by atoms with van der Waals surface area (Å²) in [5, 5.41) is 8.91. The summed E-state index contributed by atoms with van der Waals surface area (Å²) < 4.78 is 5.68. The van der Waals surface area contributed by atoms with Crippen LogP contribution in [0.4, 0.5) is 0 Å². The molecule has 1 rings (SSSR count). The first-order chi connectivity index (χ1) is 9.56. The third kappa shape index (κ3) is 5.36. The Morgan fingerprint density at radius 1 is 1.35 bits per heavy atom. The van der Waals surface area contributed by atoms with Crippen molar-refractivity contribution in [1.82, 2.24) is 0 Å². The Bertz CT molecular complexity index is 479. The van der Waals surface area contributed by atoms with Crippen molar-refractivity contribution in [1.29, 1.82) is 0 Å². The molecule has 1 N–H and O–H groups in total. The molecular formula is C17H22O3. The van der Waals surface area contributed by atoms with Gasteiger partial charge in [-0.15, -0.1) is 5.92 Å². The van der Waals surface area contributed by atoms with Gasteiger partial charge >= 0.3 is 5.97 Å². The van der Waals surface area contributed by atoms with E-state index in [0.717, 1.165) is 17.7 Å². The highest BCUT2D eigenvalue weighted by atomic mass is 16.5. The molecular weight excluding hydrogens is 252 g/mol. The first-order valence-corrected chi connectivity index (χ1v) is 6.93. The van der Waals surface area contributed by atoms with Crippen LogP contribution in [-0.4, -0.2) is 17.7 Å². The smallest absolute Gasteiger partial charge is 0.304 e. The number of hydrogen-bond donors (Lipinski definition) is 1. The Kier molecular flexibility index (Phi) is 6.66. The number of benzene rings is 1. The average molecular weight is 274 g/mol. The van der Waals surface area contributed by atoms with E-state index in [1.807, 2.05) is 24.3 Å². The maximum absolute atomic E-state index is 10.8. The summed E-state index contributed by atoms with van der Waals surface area (Å²) in [6.07, 6.45) is 1.11. The van der Waals surface area contributed by atoms with E-state index in [4.69, 9.17) is 9.84 Å². The second-order valence-corrected chi connectivity index (χ2v) is 4.94. The molecule has 2 unspecified atom stereocenters. The molecule has 3 heteroatoms. The van der Waals surface area contributed by atoms with E-state index in [0.29, 0.717) is 12.5 Å². The molecule has 108 valence electrons. The number of carboxylic acid groups (broad SMARTS) is 1. The summed E-state index contributed by atoms with van der Waals surface area (Å²) >= 11 is 0. The van der Waals surface area contributed by atoms with Gasteiger partial charge in [-0.25, -0.2) is 0 Å². The van der Waals surface area contributed by atoms with E-state index in [1.54, 1.807) is 6.92 Å². The van der Waals surface area contributed by atoms with Gasteiger partial charge in [0, 0.05) is 0 Å². The fourth-order valence-electron chi connectivity index (χ4n) is 1.75. The number of ether oxygens (including phenoxy) is 1. The number of rotatable bonds is 7. The lowest BCUT2D eigenvalue weighted by Gasteiger charge is -2.13. The first kappa shape index (κ1) is 16.1. The zero-order valence-corrected chi connectivity index (χ0v) is 12.3. The molecule has 1 aromatic rings. The summed E-state index contributed by atoms with van der Waals surface area (Å²) in [6.45, 7) is 6.70. The van der Waals surface area contributed by atoms with Crippen LogP contribution in [0.2, 0.25) is 0 Å². The number of hydrogen-bond acceptors (Lipinski definition) is 2. The number of carbonyl (C=O) groups is 1. The van der Waals surface area contributed by atoms with Gasteiger partial charge < -0.3 is 9.84 Å². The van der Waals surface area contributed by atoms with Crippen LogP contribution in [0, 0.1) is 17.8 Å². The molecule has 0 aliphatic carbocycles. The molecule has 0 radical (unpaired) electrons. The van der Waals surface area contributed by atoms with E-state index in [-0.39, 0.29) is 12.3 Å². The molecule has 0 aliphatic heterocycles. The largest absolute Gasteiger partial charge is 0.493 e. The van der Waals surface area contributed by atoms with Gasteiger partial charge in [-0.2, -0.15) is 0 Å². The van der Waals surface area contributed by atoms with Crippen LogP contribution in [-0.2, 0) is 4.79 Å². The molecule has 0 spiro atoms. The van der Waals surface area contributed by atoms with E-state index in [2.05, 4.69) is 25.7 Å². The summed E-state index contributed by atoms with van der Waals surface area (Å²) in [4.78, 5) is 10.8. The molecule has 0 aromatic heterocycles. The predicted octanol–water partition coefficient (Wildman–Crippen LogP) is 3.69. The van der Waals surface area contributed by atoms with Crippen molar-refractivity contribution in [2.24, 2.45) is 5.92 Å². The highest BCUT2D eigenvalue weighted by molar-refractivity contribution is 5.69. The van der Waals surface area contributed by atoms with Crippen molar-refractivity contribution in [3.63, 3.8) is 0 Å². The highest BCUT2D eigenvalue weighted by Crippen LogP contribution is 2.22. The lowest BCUT2D eigenvalue weighted by Crippen LogP contribution is -2.07. The van der Waals surface area contributed by atoms with Crippen molar-refractivity contribution in [2.75, 3.05) is 6.61 Å². The van der Waals surface area contributed by atoms with Crippen molar-refractivity contribution < 1.29 is 14.6 Å². The van der Waals surface area contributed by atoms with Crippen LogP contribution in [0.25, 0.3) is 0 Å². The maximum atomic E-state index is 10.8. The van der Waals surface area contributed by atoms with Gasteiger partial charge in [-0.1, -0.05) is 38.3 Å². The van der Waals surface area contributed by atoms with Crippen LogP contribution in [0.15, 0.2) is 24.3 Å². The minimum atomic E-state index is -0.838. The van der Waals surface area contributed by atoms with Crippen LogP contribution in [0.5, 0.6) is 5.75 Å². The van der Waals surface area contributed by atoms with Crippen molar-refractivity contribution >= 4 is 5.97 Å². The second-order valence-electron chi connectivity index (χ2n) is 4.94. The van der Waals surface area contributed by atoms with Crippen LogP contribution < -0.4 is 4.74 Å². The van der Waals surface area contributed by atoms with Gasteiger partial charge in [0.05, 0.1) is 18.9 Å². The molecule has 0 saturated carbocycles. The number of aliphatic carboxylic acids is 1. The molecule has 2 atom stereocenters. The standard InChI is InChI=1S/C17H22O3/c1-4-6-15(11-17(18)19)14-7-9-16(10-8-14)20-12-13(3)5-2/h7-10,13,15H,5,11-12H2,1-3H3,(H,18,19). The Balaban J connectivity index is 2.72. The summed E-state index contributed by atoms with van der Waals surface area (Å²) in [7, 11) is 0. The second kappa shape index (κ2) is 8.27. The maximum Gasteiger partial charge on any atom is 0.304 e.